The predicted octanol–water partition coefficient (Wildman–Crippen LogP) is 2.59. The third-order valence-electron chi connectivity index (χ3n) is 4.01. The number of benzene rings is 1. The maximum atomic E-state index is 12.4. The molecule has 2 atom stereocenters. The summed E-state index contributed by atoms with van der Waals surface area (Å²) >= 11 is -0.166. The fraction of sp³-hybridized carbons (Fsp3) is 0.500. The molecule has 7 heteroatoms. The van der Waals surface area contributed by atoms with Crippen LogP contribution in [0, 0.1) is 11.8 Å². The highest BCUT2D eigenvalue weighted by molar-refractivity contribution is 8.00. The minimum atomic E-state index is -4.30. The Morgan fingerprint density at radius 2 is 1.71 bits per heavy atom. The molecule has 21 heavy (non-hydrogen) atoms. The van der Waals surface area contributed by atoms with E-state index in [4.69, 9.17) is 0 Å². The number of rotatable bonds is 2. The fourth-order valence-corrected chi connectivity index (χ4v) is 3.54. The summed E-state index contributed by atoms with van der Waals surface area (Å²) in [6.07, 6.45) is 0. The normalized spacial score (nSPS) is 25.2. The number of alkyl halides is 3. The first-order valence-corrected chi connectivity index (χ1v) is 7.60. The Kier molecular flexibility index (Phi) is 3.88. The van der Waals surface area contributed by atoms with Gasteiger partial charge in [-0.05, 0) is 47.9 Å². The zero-order chi connectivity index (χ0) is 15.0. The van der Waals surface area contributed by atoms with E-state index < -0.39 is 5.51 Å². The summed E-state index contributed by atoms with van der Waals surface area (Å²) in [6, 6.07) is 5.65. The summed E-state index contributed by atoms with van der Waals surface area (Å²) in [5, 5.41) is 3.31. The lowest BCUT2D eigenvalue weighted by Crippen LogP contribution is -2.31. The van der Waals surface area contributed by atoms with Crippen molar-refractivity contribution in [3.8, 4) is 0 Å². The van der Waals surface area contributed by atoms with Gasteiger partial charge in [0.05, 0.1) is 0 Å². The highest BCUT2D eigenvalue weighted by Gasteiger charge is 2.38. The van der Waals surface area contributed by atoms with Gasteiger partial charge in [-0.3, -0.25) is 4.79 Å². The number of likely N-dealkylation sites (tertiary alicyclic amines) is 1. The van der Waals surface area contributed by atoms with Crippen LogP contribution < -0.4 is 5.32 Å². The first-order chi connectivity index (χ1) is 9.92. The summed E-state index contributed by atoms with van der Waals surface area (Å²) in [5.41, 5.74) is -3.85. The number of nitrogens with one attached hydrogen (secondary N) is 1. The minimum Gasteiger partial charge on any atom is -0.338 e. The van der Waals surface area contributed by atoms with Gasteiger partial charge in [0.1, 0.15) is 0 Å². The zero-order valence-corrected chi connectivity index (χ0v) is 12.0. The van der Waals surface area contributed by atoms with E-state index in [9.17, 15) is 18.0 Å². The first kappa shape index (κ1) is 14.7. The number of carbonyl (C=O) groups is 1. The van der Waals surface area contributed by atoms with Crippen LogP contribution in [0.2, 0.25) is 0 Å². The van der Waals surface area contributed by atoms with Crippen molar-refractivity contribution in [3.63, 3.8) is 0 Å². The number of nitrogens with zero attached hydrogens (tertiary/aromatic N) is 1. The summed E-state index contributed by atoms with van der Waals surface area (Å²) in [6.45, 7) is 3.34. The Hall–Kier alpha value is -1.21. The number of hydrogen-bond donors (Lipinski definition) is 1. The van der Waals surface area contributed by atoms with E-state index in [-0.39, 0.29) is 22.6 Å². The predicted molar refractivity (Wildman–Crippen MR) is 74.1 cm³/mol. The first-order valence-electron chi connectivity index (χ1n) is 6.78. The molecular formula is C14H15F3N2OS. The molecule has 2 saturated heterocycles. The Morgan fingerprint density at radius 1 is 1.14 bits per heavy atom. The van der Waals surface area contributed by atoms with Crippen LogP contribution in [0.25, 0.3) is 0 Å². The molecule has 0 saturated carbocycles. The molecule has 1 aromatic carbocycles. The Balaban J connectivity index is 1.65. The van der Waals surface area contributed by atoms with Crippen molar-refractivity contribution in [1.29, 1.82) is 0 Å². The van der Waals surface area contributed by atoms with E-state index in [0.29, 0.717) is 17.4 Å². The molecule has 3 rings (SSSR count). The number of fused-ring (bicyclic) bond motifs is 1. The topological polar surface area (TPSA) is 32.3 Å². The van der Waals surface area contributed by atoms with Gasteiger partial charge in [-0.25, -0.2) is 0 Å². The number of halogens is 3. The molecule has 2 aliphatic rings. The summed E-state index contributed by atoms with van der Waals surface area (Å²) in [4.78, 5) is 14.3. The molecule has 0 bridgehead atoms. The van der Waals surface area contributed by atoms with E-state index in [0.717, 1.165) is 26.2 Å². The third kappa shape index (κ3) is 3.35. The van der Waals surface area contributed by atoms with Gasteiger partial charge >= 0.3 is 5.51 Å². The Bertz CT molecular complexity index is 520. The van der Waals surface area contributed by atoms with Gasteiger partial charge in [-0.2, -0.15) is 13.2 Å². The number of thioether (sulfide) groups is 1. The van der Waals surface area contributed by atoms with Crippen LogP contribution in [0.5, 0.6) is 0 Å². The third-order valence-corrected chi connectivity index (χ3v) is 4.75. The molecular weight excluding hydrogens is 301 g/mol. The largest absolute Gasteiger partial charge is 0.446 e. The van der Waals surface area contributed by atoms with Gasteiger partial charge in [-0.1, -0.05) is 0 Å². The monoisotopic (exact) mass is 316 g/mol. The molecule has 1 amide bonds. The van der Waals surface area contributed by atoms with Gasteiger partial charge in [0.2, 0.25) is 0 Å². The van der Waals surface area contributed by atoms with Crippen molar-refractivity contribution in [1.82, 2.24) is 10.2 Å². The second kappa shape index (κ2) is 5.53. The SMILES string of the molecule is O=C(c1ccc(SC(F)(F)F)cc1)N1C[C@H]2CNC[C@H]2C1. The van der Waals surface area contributed by atoms with E-state index in [2.05, 4.69) is 5.32 Å². The maximum Gasteiger partial charge on any atom is 0.446 e. The van der Waals surface area contributed by atoms with Crippen molar-refractivity contribution in [2.45, 2.75) is 10.4 Å². The van der Waals surface area contributed by atoms with Crippen molar-refractivity contribution in [2.24, 2.45) is 11.8 Å². The highest BCUT2D eigenvalue weighted by Crippen LogP contribution is 2.37. The quantitative estimate of drug-likeness (QED) is 0.851. The number of amides is 1. The summed E-state index contributed by atoms with van der Waals surface area (Å²) in [7, 11) is 0. The lowest BCUT2D eigenvalue weighted by molar-refractivity contribution is -0.0328. The van der Waals surface area contributed by atoms with Crippen molar-refractivity contribution < 1.29 is 18.0 Å². The van der Waals surface area contributed by atoms with Gasteiger partial charge in [0.15, 0.2) is 0 Å². The minimum absolute atomic E-state index is 0.0899. The van der Waals surface area contributed by atoms with Crippen molar-refractivity contribution in [2.75, 3.05) is 26.2 Å². The van der Waals surface area contributed by atoms with Gasteiger partial charge in [0, 0.05) is 36.6 Å². The average Bonchev–Trinajstić information content (AvgIpc) is 2.97. The smallest absolute Gasteiger partial charge is 0.338 e. The molecule has 0 unspecified atom stereocenters. The standard InChI is InChI=1S/C14H15F3N2OS/c15-14(16,17)21-12-3-1-9(2-4-12)13(20)19-7-10-5-18-6-11(10)8-19/h1-4,10-11,18H,5-8H2/t10-,11+. The van der Waals surface area contributed by atoms with Crippen LogP contribution in [0.15, 0.2) is 29.2 Å². The molecule has 1 N–H and O–H groups in total. The van der Waals surface area contributed by atoms with Crippen molar-refractivity contribution >= 4 is 17.7 Å². The van der Waals surface area contributed by atoms with Crippen LogP contribution in [-0.2, 0) is 0 Å². The van der Waals surface area contributed by atoms with Crippen LogP contribution in [-0.4, -0.2) is 42.5 Å². The van der Waals surface area contributed by atoms with Crippen LogP contribution in [0.1, 0.15) is 10.4 Å². The summed E-state index contributed by atoms with van der Waals surface area (Å²) in [5.74, 6) is 0.927. The molecule has 2 fully saturated rings. The second-order valence-electron chi connectivity index (χ2n) is 5.46. The molecule has 2 heterocycles. The molecule has 2 aliphatic heterocycles. The van der Waals surface area contributed by atoms with Crippen molar-refractivity contribution in [3.05, 3.63) is 29.8 Å². The average molecular weight is 316 g/mol. The molecule has 0 spiro atoms. The Morgan fingerprint density at radius 3 is 2.24 bits per heavy atom. The van der Waals surface area contributed by atoms with E-state index in [1.165, 1.54) is 24.3 Å². The molecule has 0 radical (unpaired) electrons. The van der Waals surface area contributed by atoms with Crippen LogP contribution >= 0.6 is 11.8 Å². The molecule has 0 aromatic heterocycles. The molecule has 114 valence electrons. The molecule has 0 aliphatic carbocycles. The van der Waals surface area contributed by atoms with Crippen LogP contribution in [0.3, 0.4) is 0 Å². The highest BCUT2D eigenvalue weighted by atomic mass is 32.2. The van der Waals surface area contributed by atoms with E-state index in [1.807, 2.05) is 4.90 Å². The van der Waals surface area contributed by atoms with Gasteiger partial charge in [0.25, 0.3) is 5.91 Å². The van der Waals surface area contributed by atoms with Gasteiger partial charge in [-0.15, -0.1) is 0 Å². The van der Waals surface area contributed by atoms with Gasteiger partial charge < -0.3 is 10.2 Å². The van der Waals surface area contributed by atoms with E-state index >= 15 is 0 Å². The maximum absolute atomic E-state index is 12.4. The molecule has 1 aromatic rings. The number of hydrogen-bond acceptors (Lipinski definition) is 3. The number of carbonyl (C=O) groups excluding carboxylic acids is 1. The second-order valence-corrected chi connectivity index (χ2v) is 6.60. The lowest BCUT2D eigenvalue weighted by atomic mass is 10.0. The van der Waals surface area contributed by atoms with Crippen LogP contribution in [0.4, 0.5) is 13.2 Å². The zero-order valence-electron chi connectivity index (χ0n) is 11.2. The molecule has 3 nitrogen and oxygen atoms in total. The Labute approximate surface area is 124 Å². The lowest BCUT2D eigenvalue weighted by Gasteiger charge is -2.17. The van der Waals surface area contributed by atoms with E-state index in [1.54, 1.807) is 0 Å². The fourth-order valence-electron chi connectivity index (χ4n) is 3.00. The summed E-state index contributed by atoms with van der Waals surface area (Å²) < 4.78 is 36.8.